The predicted molar refractivity (Wildman–Crippen MR) is 59.4 cm³/mol. The van der Waals surface area contributed by atoms with E-state index in [1.807, 2.05) is 0 Å². The second-order valence-corrected chi connectivity index (χ2v) is 4.34. The average molecular weight is 214 g/mol. The van der Waals surface area contributed by atoms with Crippen molar-refractivity contribution in [1.29, 1.82) is 0 Å². The van der Waals surface area contributed by atoms with Gasteiger partial charge in [0.2, 0.25) is 0 Å². The van der Waals surface area contributed by atoms with Gasteiger partial charge in [-0.25, -0.2) is 0 Å². The van der Waals surface area contributed by atoms with Crippen LogP contribution in [-0.2, 0) is 9.53 Å². The van der Waals surface area contributed by atoms with Crippen molar-refractivity contribution in [1.82, 2.24) is 4.90 Å². The second kappa shape index (κ2) is 6.08. The first kappa shape index (κ1) is 12.5. The van der Waals surface area contributed by atoms with Gasteiger partial charge < -0.3 is 15.4 Å². The van der Waals surface area contributed by atoms with Crippen LogP contribution in [0.5, 0.6) is 0 Å². The zero-order chi connectivity index (χ0) is 11.3. The Balaban J connectivity index is 2.29. The largest absolute Gasteiger partial charge is 0.469 e. The first-order chi connectivity index (χ1) is 7.17. The van der Waals surface area contributed by atoms with Crippen molar-refractivity contribution in [2.45, 2.75) is 32.2 Å². The molecule has 4 nitrogen and oxygen atoms in total. The van der Waals surface area contributed by atoms with Gasteiger partial charge in [0, 0.05) is 6.04 Å². The van der Waals surface area contributed by atoms with Crippen molar-refractivity contribution in [3.8, 4) is 0 Å². The van der Waals surface area contributed by atoms with Crippen molar-refractivity contribution in [3.05, 3.63) is 0 Å². The molecule has 0 aromatic carbocycles. The molecule has 1 heterocycles. The van der Waals surface area contributed by atoms with Crippen molar-refractivity contribution >= 4 is 5.97 Å². The van der Waals surface area contributed by atoms with Crippen LogP contribution in [0.1, 0.15) is 26.2 Å². The lowest BCUT2D eigenvalue weighted by Crippen LogP contribution is -2.42. The summed E-state index contributed by atoms with van der Waals surface area (Å²) in [6.07, 6.45) is 2.80. The first-order valence-electron chi connectivity index (χ1n) is 5.68. The molecule has 0 saturated carbocycles. The van der Waals surface area contributed by atoms with Crippen molar-refractivity contribution < 1.29 is 9.53 Å². The molecular weight excluding hydrogens is 192 g/mol. The number of carbonyl (C=O) groups excluding carboxylic acids is 1. The standard InChI is InChI=1S/C11H22N2O2/c1-9(7-11(14)15-2)13-5-3-10(8-12)4-6-13/h9-10H,3-8,12H2,1-2H3. The SMILES string of the molecule is COC(=O)CC(C)N1CCC(CN)CC1. The molecule has 1 unspecified atom stereocenters. The van der Waals surface area contributed by atoms with E-state index < -0.39 is 0 Å². The molecule has 1 saturated heterocycles. The summed E-state index contributed by atoms with van der Waals surface area (Å²) >= 11 is 0. The third-order valence-corrected chi connectivity index (χ3v) is 3.30. The summed E-state index contributed by atoms with van der Waals surface area (Å²) in [6.45, 7) is 4.99. The third kappa shape index (κ3) is 3.80. The molecule has 2 N–H and O–H groups in total. The lowest BCUT2D eigenvalue weighted by Gasteiger charge is -2.35. The molecule has 0 aromatic rings. The number of rotatable bonds is 4. The number of methoxy groups -OCH3 is 1. The maximum Gasteiger partial charge on any atom is 0.307 e. The highest BCUT2D eigenvalue weighted by molar-refractivity contribution is 5.69. The number of piperidine rings is 1. The molecule has 15 heavy (non-hydrogen) atoms. The number of hydrogen-bond donors (Lipinski definition) is 1. The fourth-order valence-electron chi connectivity index (χ4n) is 2.08. The molecule has 0 amide bonds. The Morgan fingerprint density at radius 3 is 2.60 bits per heavy atom. The van der Waals surface area contributed by atoms with E-state index in [1.54, 1.807) is 0 Å². The summed E-state index contributed by atoms with van der Waals surface area (Å²) in [4.78, 5) is 13.5. The van der Waals surface area contributed by atoms with Gasteiger partial charge in [-0.05, 0) is 45.3 Å². The Hall–Kier alpha value is -0.610. The van der Waals surface area contributed by atoms with Gasteiger partial charge in [-0.15, -0.1) is 0 Å². The minimum absolute atomic E-state index is 0.122. The maximum absolute atomic E-state index is 11.1. The number of carbonyl (C=O) groups is 1. The molecule has 1 aliphatic heterocycles. The van der Waals surface area contributed by atoms with Gasteiger partial charge in [0.1, 0.15) is 0 Å². The smallest absolute Gasteiger partial charge is 0.307 e. The summed E-state index contributed by atoms with van der Waals surface area (Å²) in [5, 5.41) is 0. The highest BCUT2D eigenvalue weighted by Gasteiger charge is 2.23. The molecule has 0 bridgehead atoms. The van der Waals surface area contributed by atoms with Gasteiger partial charge in [-0.1, -0.05) is 0 Å². The van der Waals surface area contributed by atoms with Crippen LogP contribution in [0.2, 0.25) is 0 Å². The van der Waals surface area contributed by atoms with Gasteiger partial charge in [0.25, 0.3) is 0 Å². The summed E-state index contributed by atoms with van der Waals surface area (Å²) < 4.78 is 4.67. The highest BCUT2D eigenvalue weighted by Crippen LogP contribution is 2.18. The zero-order valence-corrected chi connectivity index (χ0v) is 9.74. The lowest BCUT2D eigenvalue weighted by molar-refractivity contribution is -0.142. The summed E-state index contributed by atoms with van der Waals surface area (Å²) in [6, 6.07) is 0.288. The molecule has 0 spiro atoms. The van der Waals surface area contributed by atoms with Crippen molar-refractivity contribution in [3.63, 3.8) is 0 Å². The van der Waals surface area contributed by atoms with Crippen LogP contribution >= 0.6 is 0 Å². The normalized spacial score (nSPS) is 21.3. The average Bonchev–Trinajstić information content (AvgIpc) is 2.29. The first-order valence-corrected chi connectivity index (χ1v) is 5.68. The third-order valence-electron chi connectivity index (χ3n) is 3.30. The number of esters is 1. The Morgan fingerprint density at radius 2 is 2.13 bits per heavy atom. The van der Waals surface area contributed by atoms with Gasteiger partial charge in [0.15, 0.2) is 0 Å². The Kier molecular flexibility index (Phi) is 5.05. The van der Waals surface area contributed by atoms with Crippen LogP contribution in [0.15, 0.2) is 0 Å². The van der Waals surface area contributed by atoms with E-state index in [9.17, 15) is 4.79 Å². The second-order valence-electron chi connectivity index (χ2n) is 4.34. The molecule has 0 aliphatic carbocycles. The van der Waals surface area contributed by atoms with E-state index in [0.29, 0.717) is 12.3 Å². The fraction of sp³-hybridized carbons (Fsp3) is 0.909. The highest BCUT2D eigenvalue weighted by atomic mass is 16.5. The maximum atomic E-state index is 11.1. The Bertz CT molecular complexity index is 201. The van der Waals surface area contributed by atoms with Gasteiger partial charge in [-0.2, -0.15) is 0 Å². The van der Waals surface area contributed by atoms with Crippen LogP contribution in [0.3, 0.4) is 0 Å². The van der Waals surface area contributed by atoms with Crippen LogP contribution in [-0.4, -0.2) is 43.7 Å². The van der Waals surface area contributed by atoms with Crippen molar-refractivity contribution in [2.75, 3.05) is 26.7 Å². The molecule has 0 radical (unpaired) electrons. The molecule has 88 valence electrons. The summed E-state index contributed by atoms with van der Waals surface area (Å²) in [5.41, 5.74) is 5.63. The van der Waals surface area contributed by atoms with Crippen LogP contribution in [0.25, 0.3) is 0 Å². The Morgan fingerprint density at radius 1 is 1.53 bits per heavy atom. The zero-order valence-electron chi connectivity index (χ0n) is 9.74. The van der Waals surface area contributed by atoms with E-state index in [0.717, 1.165) is 32.5 Å². The topological polar surface area (TPSA) is 55.6 Å². The van der Waals surface area contributed by atoms with Crippen LogP contribution in [0, 0.1) is 5.92 Å². The van der Waals surface area contributed by atoms with E-state index in [4.69, 9.17) is 5.73 Å². The predicted octanol–water partition coefficient (Wildman–Crippen LogP) is 0.609. The van der Waals surface area contributed by atoms with Crippen LogP contribution < -0.4 is 5.73 Å². The molecular formula is C11H22N2O2. The number of nitrogens with two attached hydrogens (primary N) is 1. The van der Waals surface area contributed by atoms with E-state index >= 15 is 0 Å². The molecule has 1 rings (SSSR count). The molecule has 1 aliphatic rings. The molecule has 1 fully saturated rings. The van der Waals surface area contributed by atoms with Gasteiger partial charge in [-0.3, -0.25) is 4.79 Å². The lowest BCUT2D eigenvalue weighted by atomic mass is 9.96. The monoisotopic (exact) mass is 214 g/mol. The van der Waals surface area contributed by atoms with Crippen LogP contribution in [0.4, 0.5) is 0 Å². The minimum Gasteiger partial charge on any atom is -0.469 e. The molecule has 0 aromatic heterocycles. The number of hydrogen-bond acceptors (Lipinski definition) is 4. The van der Waals surface area contributed by atoms with Gasteiger partial charge >= 0.3 is 5.97 Å². The van der Waals surface area contributed by atoms with E-state index in [-0.39, 0.29) is 12.0 Å². The fourth-order valence-corrected chi connectivity index (χ4v) is 2.08. The number of nitrogens with zero attached hydrogens (tertiary/aromatic N) is 1. The number of ether oxygens (including phenoxy) is 1. The van der Waals surface area contributed by atoms with Gasteiger partial charge in [0.05, 0.1) is 13.5 Å². The minimum atomic E-state index is -0.122. The quantitative estimate of drug-likeness (QED) is 0.697. The number of likely N-dealkylation sites (tertiary alicyclic amines) is 1. The van der Waals surface area contributed by atoms with E-state index in [1.165, 1.54) is 7.11 Å². The summed E-state index contributed by atoms with van der Waals surface area (Å²) in [7, 11) is 1.44. The molecule has 4 heteroatoms. The Labute approximate surface area is 91.8 Å². The van der Waals surface area contributed by atoms with Crippen molar-refractivity contribution in [2.24, 2.45) is 11.7 Å². The van der Waals surface area contributed by atoms with E-state index in [2.05, 4.69) is 16.6 Å². The molecule has 1 atom stereocenters. The summed E-state index contributed by atoms with van der Waals surface area (Å²) in [5.74, 6) is 0.551.